The second-order valence-corrected chi connectivity index (χ2v) is 8.90. The van der Waals surface area contributed by atoms with E-state index < -0.39 is 0 Å². The molecule has 4 aromatic rings. The zero-order valence-corrected chi connectivity index (χ0v) is 20.4. The third-order valence-electron chi connectivity index (χ3n) is 6.43. The van der Waals surface area contributed by atoms with Gasteiger partial charge in [0.1, 0.15) is 11.5 Å². The molecule has 2 aromatic carbocycles. The van der Waals surface area contributed by atoms with Crippen LogP contribution < -0.4 is 20.1 Å². The Labute approximate surface area is 205 Å². The molecule has 1 aliphatic rings. The summed E-state index contributed by atoms with van der Waals surface area (Å²) >= 11 is 0. The van der Waals surface area contributed by atoms with Crippen LogP contribution >= 0.6 is 0 Å². The highest BCUT2D eigenvalue weighted by atomic mass is 16.5. The first kappa shape index (κ1) is 23.1. The molecule has 0 radical (unpaired) electrons. The van der Waals surface area contributed by atoms with E-state index in [1.807, 2.05) is 37.5 Å². The van der Waals surface area contributed by atoms with E-state index in [1.165, 1.54) is 0 Å². The number of aryl methyl sites for hydroxylation is 1. The van der Waals surface area contributed by atoms with Gasteiger partial charge in [-0.3, -0.25) is 14.6 Å². The van der Waals surface area contributed by atoms with Gasteiger partial charge in [0.05, 0.1) is 43.3 Å². The average molecular weight is 474 g/mol. The summed E-state index contributed by atoms with van der Waals surface area (Å²) in [5.41, 5.74) is 11.6. The fraction of sp³-hybridized carbons (Fsp3) is 0.346. The smallest absolute Gasteiger partial charge is 0.124 e. The van der Waals surface area contributed by atoms with E-state index in [2.05, 4.69) is 32.0 Å². The summed E-state index contributed by atoms with van der Waals surface area (Å²) < 4.78 is 12.9. The number of hydrogen-bond donors (Lipinski definition) is 1. The number of ether oxygens (including phenoxy) is 2. The number of anilines is 2. The molecule has 1 saturated heterocycles. The molecular formula is C26H31N7O2. The van der Waals surface area contributed by atoms with Crippen LogP contribution in [0.1, 0.15) is 6.42 Å². The SMILES string of the molecule is COc1cc(OC)cc(N(CCN2CC[C@H](N)C2)c2ccc3ncc(-c4cnn(C)c4)nc3c2)c1. The molecule has 2 N–H and O–H groups in total. The standard InChI is InChI=1S/C26H31N7O2/c1-31-16-18(14-29-31)26-15-28-24-5-4-20(12-25(24)30-26)33(9-8-32-7-6-19(27)17-32)21-10-22(34-2)13-23(11-21)35-3/h4-5,10-16,19H,6-9,17,27H2,1-3H3/t19-/m0/s1. The Bertz CT molecular complexity index is 1300. The maximum Gasteiger partial charge on any atom is 0.124 e. The Morgan fingerprint density at radius 2 is 1.83 bits per heavy atom. The highest BCUT2D eigenvalue weighted by Gasteiger charge is 2.21. The molecule has 0 bridgehead atoms. The van der Waals surface area contributed by atoms with Crippen molar-refractivity contribution in [2.75, 3.05) is 45.3 Å². The van der Waals surface area contributed by atoms with Gasteiger partial charge in [-0.25, -0.2) is 4.98 Å². The molecule has 0 spiro atoms. The van der Waals surface area contributed by atoms with Gasteiger partial charge in [-0.15, -0.1) is 0 Å². The number of fused-ring (bicyclic) bond motifs is 1. The van der Waals surface area contributed by atoms with Gasteiger partial charge in [0, 0.05) is 74.1 Å². The number of methoxy groups -OCH3 is 2. The molecule has 3 heterocycles. The number of hydrogen-bond acceptors (Lipinski definition) is 8. The van der Waals surface area contributed by atoms with Crippen molar-refractivity contribution in [3.05, 3.63) is 55.0 Å². The van der Waals surface area contributed by atoms with Gasteiger partial charge >= 0.3 is 0 Å². The third kappa shape index (κ3) is 5.06. The summed E-state index contributed by atoms with van der Waals surface area (Å²) in [5, 5.41) is 4.26. The third-order valence-corrected chi connectivity index (χ3v) is 6.43. The molecule has 1 fully saturated rings. The summed E-state index contributed by atoms with van der Waals surface area (Å²) in [4.78, 5) is 14.2. The molecule has 5 rings (SSSR count). The zero-order valence-electron chi connectivity index (χ0n) is 20.4. The molecule has 9 nitrogen and oxygen atoms in total. The second kappa shape index (κ2) is 9.89. The Hall–Kier alpha value is -3.69. The van der Waals surface area contributed by atoms with E-state index in [0.29, 0.717) is 0 Å². The van der Waals surface area contributed by atoms with Crippen LogP contribution in [0.5, 0.6) is 11.5 Å². The Kier molecular flexibility index (Phi) is 6.52. The van der Waals surface area contributed by atoms with Crippen molar-refractivity contribution < 1.29 is 9.47 Å². The number of aromatic nitrogens is 4. The topological polar surface area (TPSA) is 94.6 Å². The summed E-state index contributed by atoms with van der Waals surface area (Å²) in [5.74, 6) is 1.49. The molecular weight excluding hydrogens is 442 g/mol. The molecule has 0 aliphatic carbocycles. The Morgan fingerprint density at radius 3 is 2.49 bits per heavy atom. The number of likely N-dealkylation sites (tertiary alicyclic amines) is 1. The Morgan fingerprint density at radius 1 is 1.03 bits per heavy atom. The van der Waals surface area contributed by atoms with Crippen LogP contribution in [0.25, 0.3) is 22.3 Å². The van der Waals surface area contributed by atoms with Gasteiger partial charge in [-0.2, -0.15) is 5.10 Å². The van der Waals surface area contributed by atoms with Crippen LogP contribution in [0.2, 0.25) is 0 Å². The lowest BCUT2D eigenvalue weighted by Gasteiger charge is -2.28. The van der Waals surface area contributed by atoms with Gasteiger partial charge < -0.3 is 20.1 Å². The second-order valence-electron chi connectivity index (χ2n) is 8.90. The first-order chi connectivity index (χ1) is 17.0. The van der Waals surface area contributed by atoms with Crippen molar-refractivity contribution in [3.63, 3.8) is 0 Å². The number of nitrogens with two attached hydrogens (primary N) is 1. The van der Waals surface area contributed by atoms with E-state index in [0.717, 1.165) is 77.8 Å². The van der Waals surface area contributed by atoms with Crippen LogP contribution in [-0.2, 0) is 7.05 Å². The van der Waals surface area contributed by atoms with Crippen molar-refractivity contribution in [2.24, 2.45) is 12.8 Å². The maximum absolute atomic E-state index is 6.15. The van der Waals surface area contributed by atoms with Gasteiger partial charge in [-0.05, 0) is 31.2 Å². The lowest BCUT2D eigenvalue weighted by Crippen LogP contribution is -2.33. The highest BCUT2D eigenvalue weighted by molar-refractivity contribution is 5.82. The quantitative estimate of drug-likeness (QED) is 0.417. The van der Waals surface area contributed by atoms with Crippen molar-refractivity contribution in [1.82, 2.24) is 24.6 Å². The first-order valence-corrected chi connectivity index (χ1v) is 11.8. The van der Waals surface area contributed by atoms with E-state index in [-0.39, 0.29) is 6.04 Å². The maximum atomic E-state index is 6.15. The van der Waals surface area contributed by atoms with Crippen molar-refractivity contribution in [2.45, 2.75) is 12.5 Å². The largest absolute Gasteiger partial charge is 0.497 e. The van der Waals surface area contributed by atoms with Crippen LogP contribution in [0.3, 0.4) is 0 Å². The van der Waals surface area contributed by atoms with Crippen LogP contribution in [0.15, 0.2) is 55.0 Å². The molecule has 182 valence electrons. The average Bonchev–Trinajstić information content (AvgIpc) is 3.51. The van der Waals surface area contributed by atoms with Crippen molar-refractivity contribution in [3.8, 4) is 22.8 Å². The highest BCUT2D eigenvalue weighted by Crippen LogP contribution is 2.34. The molecule has 0 saturated carbocycles. The van der Waals surface area contributed by atoms with E-state index >= 15 is 0 Å². The van der Waals surface area contributed by atoms with Gasteiger partial charge in [0.15, 0.2) is 0 Å². The van der Waals surface area contributed by atoms with Gasteiger partial charge in [0.25, 0.3) is 0 Å². The number of rotatable bonds is 8. The zero-order chi connectivity index (χ0) is 24.4. The van der Waals surface area contributed by atoms with E-state index in [4.69, 9.17) is 20.2 Å². The minimum atomic E-state index is 0.252. The summed E-state index contributed by atoms with van der Waals surface area (Å²) in [6.45, 7) is 3.62. The molecule has 1 atom stereocenters. The molecule has 0 amide bonds. The lowest BCUT2D eigenvalue weighted by molar-refractivity contribution is 0.343. The molecule has 1 aliphatic heterocycles. The van der Waals surface area contributed by atoms with Crippen molar-refractivity contribution in [1.29, 1.82) is 0 Å². The van der Waals surface area contributed by atoms with Gasteiger partial charge in [0.2, 0.25) is 0 Å². The van der Waals surface area contributed by atoms with Crippen molar-refractivity contribution >= 4 is 22.4 Å². The van der Waals surface area contributed by atoms with Gasteiger partial charge in [-0.1, -0.05) is 0 Å². The summed E-state index contributed by atoms with van der Waals surface area (Å²) in [6.07, 6.45) is 6.57. The lowest BCUT2D eigenvalue weighted by atomic mass is 10.2. The molecule has 0 unspecified atom stereocenters. The van der Waals surface area contributed by atoms with Crippen LogP contribution in [0.4, 0.5) is 11.4 Å². The fourth-order valence-corrected chi connectivity index (χ4v) is 4.52. The molecule has 35 heavy (non-hydrogen) atoms. The first-order valence-electron chi connectivity index (χ1n) is 11.8. The van der Waals surface area contributed by atoms with E-state index in [9.17, 15) is 0 Å². The minimum Gasteiger partial charge on any atom is -0.497 e. The number of benzene rings is 2. The fourth-order valence-electron chi connectivity index (χ4n) is 4.52. The number of nitrogens with zero attached hydrogens (tertiary/aromatic N) is 6. The Balaban J connectivity index is 1.53. The summed E-state index contributed by atoms with van der Waals surface area (Å²) in [7, 11) is 5.23. The predicted molar refractivity (Wildman–Crippen MR) is 137 cm³/mol. The van der Waals surface area contributed by atoms with Crippen LogP contribution in [-0.4, -0.2) is 71.1 Å². The normalized spacial score (nSPS) is 16.1. The monoisotopic (exact) mass is 473 g/mol. The van der Waals surface area contributed by atoms with Crippen LogP contribution in [0, 0.1) is 0 Å². The summed E-state index contributed by atoms with van der Waals surface area (Å²) in [6, 6.07) is 12.4. The molecule has 2 aromatic heterocycles. The molecule has 9 heteroatoms. The van der Waals surface area contributed by atoms with E-state index in [1.54, 1.807) is 31.3 Å². The predicted octanol–water partition coefficient (Wildman–Crippen LogP) is 3.22. The minimum absolute atomic E-state index is 0.252.